The maximum atomic E-state index is 12.0. The average molecular weight is 317 g/mol. The van der Waals surface area contributed by atoms with Crippen LogP contribution in [0.3, 0.4) is 0 Å². The van der Waals surface area contributed by atoms with E-state index in [0.717, 1.165) is 4.47 Å². The molecule has 1 aromatic carbocycles. The number of hydrogen-bond donors (Lipinski definition) is 1. The predicted molar refractivity (Wildman–Crippen MR) is 68.8 cm³/mol. The summed E-state index contributed by atoms with van der Waals surface area (Å²) in [5, 5.41) is 8.96. The van der Waals surface area contributed by atoms with E-state index in [2.05, 4.69) is 20.7 Å². The first-order valence-corrected chi connectivity index (χ1v) is 7.31. The number of hydrogen-bond acceptors (Lipinski definition) is 3. The summed E-state index contributed by atoms with van der Waals surface area (Å²) in [7, 11) is -3.65. The van der Waals surface area contributed by atoms with Gasteiger partial charge >= 0.3 is 0 Å². The highest BCUT2D eigenvalue weighted by atomic mass is 79.9. The lowest BCUT2D eigenvalue weighted by atomic mass is 10.0. The Bertz CT molecular complexity index is 534. The van der Waals surface area contributed by atoms with Crippen molar-refractivity contribution in [1.82, 2.24) is 4.72 Å². The van der Waals surface area contributed by atoms with Crippen LogP contribution in [0.5, 0.6) is 0 Å². The SMILES string of the molecule is CCC(C)(C#N)NS(=O)(=O)c1ccc(Br)cc1. The molecule has 0 aliphatic rings. The molecule has 6 heteroatoms. The molecule has 1 unspecified atom stereocenters. The molecule has 1 N–H and O–H groups in total. The van der Waals surface area contributed by atoms with Crippen molar-refractivity contribution >= 4 is 26.0 Å². The third-order valence-corrected chi connectivity index (χ3v) is 4.58. The number of rotatable bonds is 4. The van der Waals surface area contributed by atoms with Crippen LogP contribution in [0.4, 0.5) is 0 Å². The molecule has 4 nitrogen and oxygen atoms in total. The van der Waals surface area contributed by atoms with Gasteiger partial charge in [0, 0.05) is 4.47 Å². The largest absolute Gasteiger partial charge is 0.241 e. The Kier molecular flexibility index (Phi) is 4.31. The second-order valence-corrected chi connectivity index (χ2v) is 6.45. The van der Waals surface area contributed by atoms with Crippen molar-refractivity contribution in [3.05, 3.63) is 28.7 Å². The van der Waals surface area contributed by atoms with Gasteiger partial charge in [0.05, 0.1) is 11.0 Å². The number of benzene rings is 1. The molecule has 0 saturated heterocycles. The minimum atomic E-state index is -3.65. The fraction of sp³-hybridized carbons (Fsp3) is 0.364. The van der Waals surface area contributed by atoms with Crippen LogP contribution in [-0.4, -0.2) is 14.0 Å². The normalized spacial score (nSPS) is 14.9. The minimum absolute atomic E-state index is 0.149. The topological polar surface area (TPSA) is 70.0 Å². The summed E-state index contributed by atoms with van der Waals surface area (Å²) in [5.74, 6) is 0. The number of nitrogens with one attached hydrogen (secondary N) is 1. The smallest absolute Gasteiger partial charge is 0.207 e. The van der Waals surface area contributed by atoms with Crippen LogP contribution in [-0.2, 0) is 10.0 Å². The first-order chi connectivity index (χ1) is 7.83. The quantitative estimate of drug-likeness (QED) is 0.927. The van der Waals surface area contributed by atoms with Crippen LogP contribution >= 0.6 is 15.9 Å². The number of nitriles is 1. The molecule has 0 saturated carbocycles. The fourth-order valence-electron chi connectivity index (χ4n) is 1.14. The van der Waals surface area contributed by atoms with Crippen LogP contribution in [0, 0.1) is 11.3 Å². The fourth-order valence-corrected chi connectivity index (χ4v) is 2.80. The van der Waals surface area contributed by atoms with Gasteiger partial charge in [-0.3, -0.25) is 0 Å². The Morgan fingerprint density at radius 2 is 1.94 bits per heavy atom. The zero-order chi connectivity index (χ0) is 13.1. The first kappa shape index (κ1) is 14.2. The third kappa shape index (κ3) is 3.53. The van der Waals surface area contributed by atoms with E-state index in [1.807, 2.05) is 6.07 Å². The van der Waals surface area contributed by atoms with Gasteiger partial charge in [0.25, 0.3) is 0 Å². The predicted octanol–water partition coefficient (Wildman–Crippen LogP) is 2.42. The molecule has 0 aliphatic carbocycles. The van der Waals surface area contributed by atoms with Gasteiger partial charge in [-0.15, -0.1) is 0 Å². The van der Waals surface area contributed by atoms with Gasteiger partial charge in [0.1, 0.15) is 5.54 Å². The average Bonchev–Trinajstić information content (AvgIpc) is 2.29. The summed E-state index contributed by atoms with van der Waals surface area (Å²) in [5.41, 5.74) is -1.08. The van der Waals surface area contributed by atoms with E-state index in [1.165, 1.54) is 12.1 Å². The highest BCUT2D eigenvalue weighted by molar-refractivity contribution is 9.10. The van der Waals surface area contributed by atoms with Gasteiger partial charge in [-0.25, -0.2) is 8.42 Å². The standard InChI is InChI=1S/C11H13BrN2O2S/c1-3-11(2,8-13)14-17(15,16)10-6-4-9(12)5-7-10/h4-7,14H,3H2,1-2H3. The highest BCUT2D eigenvalue weighted by Gasteiger charge is 2.28. The molecule has 92 valence electrons. The highest BCUT2D eigenvalue weighted by Crippen LogP contribution is 2.17. The van der Waals surface area contributed by atoms with E-state index < -0.39 is 15.6 Å². The van der Waals surface area contributed by atoms with E-state index >= 15 is 0 Å². The Labute approximate surface area is 110 Å². The molecule has 0 fully saturated rings. The Morgan fingerprint density at radius 3 is 2.35 bits per heavy atom. The lowest BCUT2D eigenvalue weighted by Crippen LogP contribution is -2.44. The molecule has 0 bridgehead atoms. The second kappa shape index (κ2) is 5.17. The van der Waals surface area contributed by atoms with Gasteiger partial charge < -0.3 is 0 Å². The number of halogens is 1. The van der Waals surface area contributed by atoms with Gasteiger partial charge in [0.2, 0.25) is 10.0 Å². The zero-order valence-electron chi connectivity index (χ0n) is 9.57. The number of sulfonamides is 1. The van der Waals surface area contributed by atoms with Gasteiger partial charge in [-0.2, -0.15) is 9.98 Å². The van der Waals surface area contributed by atoms with Crippen molar-refractivity contribution in [2.24, 2.45) is 0 Å². The zero-order valence-corrected chi connectivity index (χ0v) is 12.0. The molecule has 0 spiro atoms. The summed E-state index contributed by atoms with van der Waals surface area (Å²) in [6, 6.07) is 8.22. The van der Waals surface area contributed by atoms with Gasteiger partial charge in [-0.1, -0.05) is 22.9 Å². The molecular weight excluding hydrogens is 304 g/mol. The van der Waals surface area contributed by atoms with Crippen LogP contribution in [0.15, 0.2) is 33.6 Å². The lowest BCUT2D eigenvalue weighted by molar-refractivity contribution is 0.495. The molecular formula is C11H13BrN2O2S. The molecule has 0 aliphatic heterocycles. The van der Waals surface area contributed by atoms with Crippen LogP contribution in [0.25, 0.3) is 0 Å². The van der Waals surface area contributed by atoms with Crippen molar-refractivity contribution < 1.29 is 8.42 Å². The second-order valence-electron chi connectivity index (χ2n) is 3.86. The molecule has 17 heavy (non-hydrogen) atoms. The molecule has 1 rings (SSSR count). The molecule has 1 atom stereocenters. The summed E-state index contributed by atoms with van der Waals surface area (Å²) >= 11 is 3.23. The summed E-state index contributed by atoms with van der Waals surface area (Å²) in [6.07, 6.45) is 0.402. The van der Waals surface area contributed by atoms with Crippen molar-refractivity contribution in [3.8, 4) is 6.07 Å². The van der Waals surface area contributed by atoms with E-state index in [1.54, 1.807) is 26.0 Å². The molecule has 0 heterocycles. The summed E-state index contributed by atoms with van der Waals surface area (Å²) in [4.78, 5) is 0.149. The van der Waals surface area contributed by atoms with Gasteiger partial charge in [0.15, 0.2) is 0 Å². The summed E-state index contributed by atoms with van der Waals surface area (Å²) < 4.78 is 27.2. The van der Waals surface area contributed by atoms with Crippen molar-refractivity contribution in [2.75, 3.05) is 0 Å². The van der Waals surface area contributed by atoms with Crippen LogP contribution in [0.1, 0.15) is 20.3 Å². The van der Waals surface area contributed by atoms with Crippen LogP contribution < -0.4 is 4.72 Å². The first-order valence-electron chi connectivity index (χ1n) is 5.04. The van der Waals surface area contributed by atoms with Crippen molar-refractivity contribution in [1.29, 1.82) is 5.26 Å². The molecule has 0 amide bonds. The van der Waals surface area contributed by atoms with E-state index in [4.69, 9.17) is 5.26 Å². The maximum absolute atomic E-state index is 12.0. The van der Waals surface area contributed by atoms with Crippen LogP contribution in [0.2, 0.25) is 0 Å². The van der Waals surface area contributed by atoms with Gasteiger partial charge in [-0.05, 0) is 37.6 Å². The van der Waals surface area contributed by atoms with Crippen molar-refractivity contribution in [3.63, 3.8) is 0 Å². The Hall–Kier alpha value is -0.900. The Morgan fingerprint density at radius 1 is 1.41 bits per heavy atom. The molecule has 0 radical (unpaired) electrons. The lowest BCUT2D eigenvalue weighted by Gasteiger charge is -2.20. The monoisotopic (exact) mass is 316 g/mol. The Balaban J connectivity index is 3.06. The molecule has 1 aromatic rings. The van der Waals surface area contributed by atoms with Crippen molar-refractivity contribution in [2.45, 2.75) is 30.7 Å². The van der Waals surface area contributed by atoms with E-state index in [0.29, 0.717) is 6.42 Å². The third-order valence-electron chi connectivity index (χ3n) is 2.44. The van der Waals surface area contributed by atoms with E-state index in [9.17, 15) is 8.42 Å². The minimum Gasteiger partial charge on any atom is -0.207 e. The molecule has 0 aromatic heterocycles. The summed E-state index contributed by atoms with van der Waals surface area (Å²) in [6.45, 7) is 3.32. The maximum Gasteiger partial charge on any atom is 0.241 e. The van der Waals surface area contributed by atoms with E-state index in [-0.39, 0.29) is 4.90 Å². The number of nitrogens with zero attached hydrogens (tertiary/aromatic N) is 1.